The lowest BCUT2D eigenvalue weighted by Gasteiger charge is -2.15. The highest BCUT2D eigenvalue weighted by Gasteiger charge is 2.13. The van der Waals surface area contributed by atoms with Gasteiger partial charge in [-0.3, -0.25) is 4.98 Å². The van der Waals surface area contributed by atoms with Gasteiger partial charge in [0.2, 0.25) is 0 Å². The number of benzene rings is 2. The number of hydrogen-bond acceptors (Lipinski definition) is 2. The molecule has 1 heterocycles. The summed E-state index contributed by atoms with van der Waals surface area (Å²) in [4.78, 5) is 4.34. The maximum absolute atomic E-state index is 13.4. The van der Waals surface area contributed by atoms with Crippen molar-refractivity contribution in [2.45, 2.75) is 12.5 Å². The molecule has 2 N–H and O–H groups in total. The molecule has 1 atom stereocenters. The molecule has 2 aromatic carbocycles. The summed E-state index contributed by atoms with van der Waals surface area (Å²) in [6.45, 7) is 0. The Hall–Kier alpha value is -1.78. The molecule has 0 radical (unpaired) electrons. The molecule has 0 fully saturated rings. The zero-order valence-electron chi connectivity index (χ0n) is 11.3. The van der Waals surface area contributed by atoms with E-state index < -0.39 is 0 Å². The van der Waals surface area contributed by atoms with Gasteiger partial charge in [-0.25, -0.2) is 4.39 Å². The van der Waals surface area contributed by atoms with Crippen molar-refractivity contribution in [1.82, 2.24) is 4.98 Å². The van der Waals surface area contributed by atoms with E-state index in [0.29, 0.717) is 6.42 Å². The Balaban J connectivity index is 1.97. The third kappa shape index (κ3) is 2.96. The highest BCUT2D eigenvalue weighted by molar-refractivity contribution is 9.10. The maximum Gasteiger partial charge on any atom is 0.123 e. The summed E-state index contributed by atoms with van der Waals surface area (Å²) in [5, 5.41) is 1.04. The van der Waals surface area contributed by atoms with Gasteiger partial charge in [0.1, 0.15) is 5.82 Å². The molecule has 0 amide bonds. The van der Waals surface area contributed by atoms with Crippen LogP contribution >= 0.6 is 15.9 Å². The van der Waals surface area contributed by atoms with Gasteiger partial charge in [-0.2, -0.15) is 0 Å². The number of aromatic nitrogens is 1. The third-order valence-corrected chi connectivity index (χ3v) is 4.30. The van der Waals surface area contributed by atoms with E-state index in [4.69, 9.17) is 5.73 Å². The first kappa shape index (κ1) is 14.2. The second-order valence-corrected chi connectivity index (χ2v) is 5.82. The van der Waals surface area contributed by atoms with Crippen LogP contribution in [0.3, 0.4) is 0 Å². The number of pyridine rings is 1. The Morgan fingerprint density at radius 3 is 2.86 bits per heavy atom. The topological polar surface area (TPSA) is 38.9 Å². The highest BCUT2D eigenvalue weighted by atomic mass is 79.9. The molecular formula is C17H14BrFN2. The van der Waals surface area contributed by atoms with Crippen molar-refractivity contribution in [2.75, 3.05) is 0 Å². The Labute approximate surface area is 130 Å². The molecule has 0 spiro atoms. The molecule has 2 nitrogen and oxygen atoms in total. The van der Waals surface area contributed by atoms with Crippen LogP contribution in [-0.2, 0) is 6.42 Å². The Morgan fingerprint density at radius 1 is 1.14 bits per heavy atom. The van der Waals surface area contributed by atoms with Crippen molar-refractivity contribution in [3.05, 3.63) is 76.1 Å². The van der Waals surface area contributed by atoms with E-state index in [1.165, 1.54) is 12.1 Å². The van der Waals surface area contributed by atoms with Crippen molar-refractivity contribution in [3.63, 3.8) is 0 Å². The molecule has 0 saturated carbocycles. The second kappa shape index (κ2) is 5.92. The summed E-state index contributed by atoms with van der Waals surface area (Å²) in [7, 11) is 0. The van der Waals surface area contributed by atoms with Crippen molar-refractivity contribution in [1.29, 1.82) is 0 Å². The summed E-state index contributed by atoms with van der Waals surface area (Å²) in [6.07, 6.45) is 2.33. The number of rotatable bonds is 3. The van der Waals surface area contributed by atoms with Crippen LogP contribution in [0.2, 0.25) is 0 Å². The molecule has 0 bridgehead atoms. The summed E-state index contributed by atoms with van der Waals surface area (Å²) in [5.41, 5.74) is 9.15. The SMILES string of the molecule is NC(Cc1cc(F)ccc1Br)c1cccc2ncccc12. The number of nitrogens with zero attached hydrogens (tertiary/aromatic N) is 1. The molecule has 21 heavy (non-hydrogen) atoms. The van der Waals surface area contributed by atoms with Crippen LogP contribution in [-0.4, -0.2) is 4.98 Å². The molecule has 4 heteroatoms. The zero-order valence-corrected chi connectivity index (χ0v) is 12.8. The van der Waals surface area contributed by atoms with E-state index in [2.05, 4.69) is 20.9 Å². The lowest BCUT2D eigenvalue weighted by atomic mass is 9.96. The minimum Gasteiger partial charge on any atom is -0.324 e. The average molecular weight is 345 g/mol. The van der Waals surface area contributed by atoms with Crippen molar-refractivity contribution < 1.29 is 4.39 Å². The van der Waals surface area contributed by atoms with Crippen molar-refractivity contribution in [3.8, 4) is 0 Å². The standard InChI is InChI=1S/C17H14BrFN2/c18-15-7-6-12(19)9-11(15)10-16(20)13-3-1-5-17-14(13)4-2-8-21-17/h1-9,16H,10,20H2. The first-order valence-corrected chi connectivity index (χ1v) is 7.47. The molecule has 1 aromatic heterocycles. The summed E-state index contributed by atoms with van der Waals surface area (Å²) in [5.74, 6) is -0.250. The van der Waals surface area contributed by atoms with Crippen LogP contribution in [0, 0.1) is 5.82 Å². The average Bonchev–Trinajstić information content (AvgIpc) is 2.50. The van der Waals surface area contributed by atoms with Gasteiger partial charge in [0, 0.05) is 22.1 Å². The first-order chi connectivity index (χ1) is 10.1. The van der Waals surface area contributed by atoms with Crippen LogP contribution in [0.1, 0.15) is 17.2 Å². The third-order valence-electron chi connectivity index (χ3n) is 3.53. The van der Waals surface area contributed by atoms with Gasteiger partial charge < -0.3 is 5.73 Å². The lowest BCUT2D eigenvalue weighted by molar-refractivity contribution is 0.621. The minimum atomic E-state index is -0.250. The van der Waals surface area contributed by atoms with Crippen LogP contribution in [0.15, 0.2) is 59.2 Å². The summed E-state index contributed by atoms with van der Waals surface area (Å²) < 4.78 is 14.3. The second-order valence-electron chi connectivity index (χ2n) is 4.96. The van der Waals surface area contributed by atoms with Crippen LogP contribution in [0.25, 0.3) is 10.9 Å². The molecule has 106 valence electrons. The quantitative estimate of drug-likeness (QED) is 0.765. The first-order valence-electron chi connectivity index (χ1n) is 6.68. The largest absolute Gasteiger partial charge is 0.324 e. The monoisotopic (exact) mass is 344 g/mol. The fraction of sp³-hybridized carbons (Fsp3) is 0.118. The van der Waals surface area contributed by atoms with Crippen LogP contribution in [0.4, 0.5) is 4.39 Å². The van der Waals surface area contributed by atoms with Gasteiger partial charge in [0.15, 0.2) is 0 Å². The fourth-order valence-electron chi connectivity index (χ4n) is 2.50. The van der Waals surface area contributed by atoms with Crippen molar-refractivity contribution >= 4 is 26.8 Å². The van der Waals surface area contributed by atoms with Crippen molar-refractivity contribution in [2.24, 2.45) is 5.73 Å². The smallest absolute Gasteiger partial charge is 0.123 e. The molecule has 3 rings (SSSR count). The summed E-state index contributed by atoms with van der Waals surface area (Å²) in [6, 6.07) is 14.3. The fourth-order valence-corrected chi connectivity index (χ4v) is 2.91. The molecule has 0 aliphatic heterocycles. The van der Waals surface area contributed by atoms with Gasteiger partial charge >= 0.3 is 0 Å². The molecule has 0 aliphatic carbocycles. The maximum atomic E-state index is 13.4. The molecular weight excluding hydrogens is 331 g/mol. The number of hydrogen-bond donors (Lipinski definition) is 1. The lowest BCUT2D eigenvalue weighted by Crippen LogP contribution is -2.14. The van der Waals surface area contributed by atoms with Gasteiger partial charge in [-0.1, -0.05) is 34.1 Å². The Bertz CT molecular complexity index is 783. The number of nitrogens with two attached hydrogens (primary N) is 1. The molecule has 0 aliphatic rings. The van der Waals surface area contributed by atoms with E-state index in [-0.39, 0.29) is 11.9 Å². The predicted molar refractivity (Wildman–Crippen MR) is 86.5 cm³/mol. The molecule has 3 aromatic rings. The Kier molecular flexibility index (Phi) is 3.99. The minimum absolute atomic E-state index is 0.212. The van der Waals surface area contributed by atoms with E-state index in [9.17, 15) is 4.39 Å². The normalized spacial score (nSPS) is 12.5. The van der Waals surface area contributed by atoms with E-state index >= 15 is 0 Å². The van der Waals surface area contributed by atoms with Crippen LogP contribution < -0.4 is 5.73 Å². The zero-order chi connectivity index (χ0) is 14.8. The van der Waals surface area contributed by atoms with E-state index in [0.717, 1.165) is 26.5 Å². The van der Waals surface area contributed by atoms with E-state index in [1.54, 1.807) is 12.3 Å². The van der Waals surface area contributed by atoms with E-state index in [1.807, 2.05) is 30.3 Å². The summed E-state index contributed by atoms with van der Waals surface area (Å²) >= 11 is 3.45. The number of halogens is 2. The van der Waals surface area contributed by atoms with Gasteiger partial charge in [-0.15, -0.1) is 0 Å². The van der Waals surface area contributed by atoms with Gasteiger partial charge in [0.25, 0.3) is 0 Å². The number of fused-ring (bicyclic) bond motifs is 1. The molecule has 1 unspecified atom stereocenters. The highest BCUT2D eigenvalue weighted by Crippen LogP contribution is 2.27. The predicted octanol–water partition coefficient (Wildman–Crippen LogP) is 4.38. The Morgan fingerprint density at radius 2 is 2.00 bits per heavy atom. The van der Waals surface area contributed by atoms with Crippen LogP contribution in [0.5, 0.6) is 0 Å². The van der Waals surface area contributed by atoms with Gasteiger partial charge in [-0.05, 0) is 47.9 Å². The molecule has 0 saturated heterocycles. The van der Waals surface area contributed by atoms with Gasteiger partial charge in [0.05, 0.1) is 5.52 Å².